The van der Waals surface area contributed by atoms with Crippen molar-refractivity contribution < 1.29 is 19.9 Å². The lowest BCUT2D eigenvalue weighted by Crippen LogP contribution is -2.21. The average molecular weight is 272 g/mol. The van der Waals surface area contributed by atoms with Crippen LogP contribution in [0.2, 0.25) is 0 Å². The van der Waals surface area contributed by atoms with Crippen molar-refractivity contribution in [3.8, 4) is 0 Å². The fraction of sp³-hybridized carbons (Fsp3) is 0.400. The maximum atomic E-state index is 10.7. The molecule has 1 aromatic heterocycles. The number of aliphatic hydroxyl groups is 2. The van der Waals surface area contributed by atoms with E-state index in [2.05, 4.69) is 4.98 Å². The number of carbonyl (C=O) groups is 1. The van der Waals surface area contributed by atoms with Gasteiger partial charge in [0, 0.05) is 24.3 Å². The van der Waals surface area contributed by atoms with Crippen LogP contribution in [0.15, 0.2) is 18.3 Å². The van der Waals surface area contributed by atoms with E-state index < -0.39 is 17.1 Å². The molecular formula is C10H12N2O5S. The van der Waals surface area contributed by atoms with Gasteiger partial charge in [0.15, 0.2) is 5.12 Å². The first kappa shape index (κ1) is 14.6. The summed E-state index contributed by atoms with van der Waals surface area (Å²) in [4.78, 5) is 24.0. The zero-order valence-corrected chi connectivity index (χ0v) is 10.3. The van der Waals surface area contributed by atoms with Crippen molar-refractivity contribution >= 4 is 22.7 Å². The number of carbonyl (C=O) groups excluding carboxylic acids is 1. The van der Waals surface area contributed by atoms with Gasteiger partial charge in [-0.1, -0.05) is 11.8 Å². The summed E-state index contributed by atoms with van der Waals surface area (Å²) in [6.07, 6.45) is -1.24. The topological polar surface area (TPSA) is 114 Å². The van der Waals surface area contributed by atoms with E-state index in [0.717, 1.165) is 24.0 Å². The van der Waals surface area contributed by atoms with Crippen LogP contribution in [0.25, 0.3) is 0 Å². The molecular weight excluding hydrogens is 260 g/mol. The number of rotatable bonds is 5. The van der Waals surface area contributed by atoms with Crippen LogP contribution in [-0.2, 0) is 4.79 Å². The lowest BCUT2D eigenvalue weighted by Gasteiger charge is -2.15. The van der Waals surface area contributed by atoms with Gasteiger partial charge in [0.05, 0.1) is 6.10 Å². The van der Waals surface area contributed by atoms with E-state index in [1.807, 2.05) is 0 Å². The molecule has 0 radical (unpaired) electrons. The van der Waals surface area contributed by atoms with Gasteiger partial charge >= 0.3 is 5.82 Å². The number of aliphatic hydroxyl groups excluding tert-OH is 2. The van der Waals surface area contributed by atoms with Gasteiger partial charge in [0.2, 0.25) is 0 Å². The quantitative estimate of drug-likeness (QED) is 0.598. The Morgan fingerprint density at radius 2 is 2.22 bits per heavy atom. The normalized spacial score (nSPS) is 13.9. The summed E-state index contributed by atoms with van der Waals surface area (Å²) in [7, 11) is 0. The van der Waals surface area contributed by atoms with E-state index in [4.69, 9.17) is 0 Å². The van der Waals surface area contributed by atoms with Gasteiger partial charge in [0.1, 0.15) is 12.3 Å². The molecule has 1 aromatic rings. The number of nitrogens with zero attached hydrogens (tertiary/aromatic N) is 2. The van der Waals surface area contributed by atoms with E-state index in [1.165, 1.54) is 13.0 Å². The largest absolute Gasteiger partial charge is 0.389 e. The third-order valence-electron chi connectivity index (χ3n) is 2.12. The second-order valence-electron chi connectivity index (χ2n) is 3.52. The van der Waals surface area contributed by atoms with E-state index in [1.54, 1.807) is 0 Å². The molecule has 0 bridgehead atoms. The Balaban J connectivity index is 2.68. The SMILES string of the molecule is CC(=O)SCC(O)C(O)c1ccc([N+](=O)[O-])nc1. The molecule has 2 unspecified atom stereocenters. The molecule has 0 saturated carbocycles. The standard InChI is InChI=1S/C10H12N2O5S/c1-6(13)18-5-8(14)10(15)7-2-3-9(11-4-7)12(16)17/h2-4,8,10,14-15H,5H2,1H3. The van der Waals surface area contributed by atoms with Crippen molar-refractivity contribution in [2.45, 2.75) is 19.1 Å². The van der Waals surface area contributed by atoms with Crippen LogP contribution in [0.3, 0.4) is 0 Å². The number of nitro groups is 1. The summed E-state index contributed by atoms with van der Waals surface area (Å²) >= 11 is 0.893. The van der Waals surface area contributed by atoms with Gasteiger partial charge in [-0.15, -0.1) is 0 Å². The highest BCUT2D eigenvalue weighted by Gasteiger charge is 2.21. The second kappa shape index (κ2) is 6.43. The zero-order valence-electron chi connectivity index (χ0n) is 9.52. The van der Waals surface area contributed by atoms with Crippen LogP contribution in [-0.4, -0.2) is 37.1 Å². The van der Waals surface area contributed by atoms with Gasteiger partial charge in [-0.25, -0.2) is 0 Å². The van der Waals surface area contributed by atoms with Gasteiger partial charge in [-0.2, -0.15) is 0 Å². The Morgan fingerprint density at radius 1 is 1.56 bits per heavy atom. The number of aromatic nitrogens is 1. The molecule has 8 heteroatoms. The monoisotopic (exact) mass is 272 g/mol. The number of hydrogen-bond donors (Lipinski definition) is 2. The third kappa shape index (κ3) is 4.06. The van der Waals surface area contributed by atoms with Gasteiger partial charge < -0.3 is 20.3 Å². The smallest absolute Gasteiger partial charge is 0.363 e. The molecule has 18 heavy (non-hydrogen) atoms. The molecule has 1 rings (SSSR count). The summed E-state index contributed by atoms with van der Waals surface area (Å²) in [5.41, 5.74) is 0.261. The maximum Gasteiger partial charge on any atom is 0.363 e. The van der Waals surface area contributed by atoms with E-state index >= 15 is 0 Å². The van der Waals surface area contributed by atoms with Crippen LogP contribution in [0.4, 0.5) is 5.82 Å². The molecule has 0 spiro atoms. The third-order valence-corrected chi connectivity index (χ3v) is 3.04. The van der Waals surface area contributed by atoms with Crippen molar-refractivity contribution in [2.75, 3.05) is 5.75 Å². The molecule has 7 nitrogen and oxygen atoms in total. The number of hydrogen-bond acceptors (Lipinski definition) is 7. The molecule has 1 heterocycles. The van der Waals surface area contributed by atoms with Crippen molar-refractivity contribution in [3.63, 3.8) is 0 Å². The van der Waals surface area contributed by atoms with Crippen molar-refractivity contribution in [2.24, 2.45) is 0 Å². The molecule has 0 saturated heterocycles. The Bertz CT molecular complexity index is 436. The first-order chi connectivity index (χ1) is 8.41. The number of pyridine rings is 1. The van der Waals surface area contributed by atoms with Crippen LogP contribution in [0.1, 0.15) is 18.6 Å². The summed E-state index contributed by atoms with van der Waals surface area (Å²) in [5, 5.41) is 29.6. The zero-order chi connectivity index (χ0) is 13.7. The highest BCUT2D eigenvalue weighted by atomic mass is 32.2. The van der Waals surface area contributed by atoms with Gasteiger partial charge in [-0.3, -0.25) is 4.79 Å². The van der Waals surface area contributed by atoms with Crippen molar-refractivity contribution in [1.82, 2.24) is 4.98 Å². The predicted molar refractivity (Wildman–Crippen MR) is 65.0 cm³/mol. The lowest BCUT2D eigenvalue weighted by molar-refractivity contribution is -0.389. The first-order valence-electron chi connectivity index (χ1n) is 5.01. The Kier molecular flexibility index (Phi) is 5.20. The Labute approximate surface area is 107 Å². The number of thioether (sulfide) groups is 1. The summed E-state index contributed by atoms with van der Waals surface area (Å²) in [6.45, 7) is 1.36. The molecule has 2 N–H and O–H groups in total. The molecule has 0 aromatic carbocycles. The van der Waals surface area contributed by atoms with Crippen LogP contribution < -0.4 is 0 Å². The Morgan fingerprint density at radius 3 is 2.67 bits per heavy atom. The first-order valence-corrected chi connectivity index (χ1v) is 6.00. The van der Waals surface area contributed by atoms with Crippen molar-refractivity contribution in [3.05, 3.63) is 34.0 Å². The van der Waals surface area contributed by atoms with Gasteiger partial charge in [-0.05, 0) is 16.0 Å². The minimum absolute atomic E-state index is 0.0491. The van der Waals surface area contributed by atoms with Gasteiger partial charge in [0.25, 0.3) is 0 Å². The van der Waals surface area contributed by atoms with Crippen molar-refractivity contribution in [1.29, 1.82) is 0 Å². The molecule has 0 aliphatic carbocycles. The summed E-state index contributed by atoms with van der Waals surface area (Å²) < 4.78 is 0. The molecule has 98 valence electrons. The summed E-state index contributed by atoms with van der Waals surface area (Å²) in [6, 6.07) is 2.46. The molecule has 0 aliphatic rings. The second-order valence-corrected chi connectivity index (χ2v) is 4.72. The summed E-state index contributed by atoms with van der Waals surface area (Å²) in [5.74, 6) is -0.286. The van der Waals surface area contributed by atoms with E-state index in [9.17, 15) is 25.1 Å². The minimum Gasteiger partial charge on any atom is -0.389 e. The van der Waals surface area contributed by atoms with Crippen LogP contribution >= 0.6 is 11.8 Å². The molecule has 0 amide bonds. The fourth-order valence-corrected chi connectivity index (χ4v) is 1.78. The maximum absolute atomic E-state index is 10.7. The average Bonchev–Trinajstić information content (AvgIpc) is 2.35. The van der Waals surface area contributed by atoms with Crippen LogP contribution in [0, 0.1) is 10.1 Å². The minimum atomic E-state index is -1.23. The fourth-order valence-electron chi connectivity index (χ4n) is 1.20. The highest BCUT2D eigenvalue weighted by molar-refractivity contribution is 8.13. The predicted octanol–water partition coefficient (Wildman–Crippen LogP) is 0.664. The molecule has 2 atom stereocenters. The highest BCUT2D eigenvalue weighted by Crippen LogP contribution is 2.20. The van der Waals surface area contributed by atoms with E-state index in [0.29, 0.717) is 0 Å². The molecule has 0 fully saturated rings. The Hall–Kier alpha value is -1.51. The lowest BCUT2D eigenvalue weighted by atomic mass is 10.1. The van der Waals surface area contributed by atoms with E-state index in [-0.39, 0.29) is 22.2 Å². The van der Waals surface area contributed by atoms with Crippen LogP contribution in [0.5, 0.6) is 0 Å². The molecule has 0 aliphatic heterocycles.